The minimum atomic E-state index is -0.340. The molecule has 6 rings (SSSR count). The van der Waals surface area contributed by atoms with Gasteiger partial charge in [0.25, 0.3) is 0 Å². The Morgan fingerprint density at radius 2 is 1.86 bits per heavy atom. The van der Waals surface area contributed by atoms with Crippen LogP contribution in [0.15, 0.2) is 73.3 Å². The van der Waals surface area contributed by atoms with Gasteiger partial charge in [0.1, 0.15) is 18.2 Å². The maximum atomic E-state index is 14.6. The summed E-state index contributed by atoms with van der Waals surface area (Å²) in [5.41, 5.74) is 6.42. The van der Waals surface area contributed by atoms with E-state index in [0.29, 0.717) is 18.0 Å². The number of aromatic nitrogens is 6. The van der Waals surface area contributed by atoms with Gasteiger partial charge in [-0.15, -0.1) is 0 Å². The van der Waals surface area contributed by atoms with E-state index >= 15 is 0 Å². The lowest BCUT2D eigenvalue weighted by molar-refractivity contribution is 0.260. The molecule has 4 aromatic heterocycles. The summed E-state index contributed by atoms with van der Waals surface area (Å²) in [5, 5.41) is 9.32. The molecule has 9 heteroatoms. The van der Waals surface area contributed by atoms with Gasteiger partial charge in [0.05, 0.1) is 23.3 Å². The molecular formula is C28H24FN7O. The molecule has 0 fully saturated rings. The summed E-state index contributed by atoms with van der Waals surface area (Å²) in [6.45, 7) is 1.22. The number of H-pyrrole nitrogens is 2. The molecule has 0 atom stereocenters. The fourth-order valence-corrected chi connectivity index (χ4v) is 4.38. The number of halogens is 1. The zero-order chi connectivity index (χ0) is 25.4. The van der Waals surface area contributed by atoms with Crippen LogP contribution in [0.5, 0.6) is 5.75 Å². The van der Waals surface area contributed by atoms with Gasteiger partial charge in [0.15, 0.2) is 5.65 Å². The lowest BCUT2D eigenvalue weighted by atomic mass is 10.0. The van der Waals surface area contributed by atoms with E-state index in [2.05, 4.69) is 30.1 Å². The predicted octanol–water partition coefficient (Wildman–Crippen LogP) is 5.31. The Labute approximate surface area is 212 Å². The van der Waals surface area contributed by atoms with E-state index < -0.39 is 0 Å². The number of ether oxygens (including phenoxy) is 1. The van der Waals surface area contributed by atoms with E-state index in [9.17, 15) is 4.39 Å². The summed E-state index contributed by atoms with van der Waals surface area (Å²) >= 11 is 0. The molecule has 0 saturated heterocycles. The normalized spacial score (nSPS) is 11.6. The molecule has 2 aromatic carbocycles. The largest absolute Gasteiger partial charge is 0.492 e. The molecule has 0 spiro atoms. The third kappa shape index (κ3) is 4.52. The summed E-state index contributed by atoms with van der Waals surface area (Å²) in [7, 11) is 3.94. The fraction of sp³-hybridized carbons (Fsp3) is 0.143. The number of rotatable bonds is 7. The van der Waals surface area contributed by atoms with Crippen LogP contribution < -0.4 is 4.74 Å². The van der Waals surface area contributed by atoms with Crippen molar-refractivity contribution in [1.82, 2.24) is 35.0 Å². The smallest absolute Gasteiger partial charge is 0.181 e. The van der Waals surface area contributed by atoms with Gasteiger partial charge in [-0.05, 0) is 55.6 Å². The molecule has 6 aromatic rings. The third-order valence-electron chi connectivity index (χ3n) is 6.19. The minimum Gasteiger partial charge on any atom is -0.492 e. The zero-order valence-corrected chi connectivity index (χ0v) is 20.4. The van der Waals surface area contributed by atoms with Gasteiger partial charge in [-0.1, -0.05) is 12.1 Å². The molecule has 37 heavy (non-hydrogen) atoms. The number of benzene rings is 2. The second-order valence-electron chi connectivity index (χ2n) is 9.06. The molecule has 0 radical (unpaired) electrons. The number of hydrogen-bond donors (Lipinski definition) is 2. The van der Waals surface area contributed by atoms with Crippen molar-refractivity contribution in [2.45, 2.75) is 0 Å². The molecule has 0 unspecified atom stereocenters. The van der Waals surface area contributed by atoms with Crippen LogP contribution in [0.1, 0.15) is 0 Å². The summed E-state index contributed by atoms with van der Waals surface area (Å²) in [6.07, 6.45) is 6.73. The second kappa shape index (κ2) is 9.44. The van der Waals surface area contributed by atoms with Crippen molar-refractivity contribution < 1.29 is 9.13 Å². The van der Waals surface area contributed by atoms with Crippen molar-refractivity contribution in [2.75, 3.05) is 27.2 Å². The number of nitrogens with one attached hydrogen (secondary N) is 2. The topological polar surface area (TPSA) is 95.6 Å². The van der Waals surface area contributed by atoms with Gasteiger partial charge >= 0.3 is 0 Å². The van der Waals surface area contributed by atoms with E-state index in [4.69, 9.17) is 4.74 Å². The van der Waals surface area contributed by atoms with Gasteiger partial charge in [-0.25, -0.2) is 9.37 Å². The predicted molar refractivity (Wildman–Crippen MR) is 142 cm³/mol. The monoisotopic (exact) mass is 493 g/mol. The van der Waals surface area contributed by atoms with Crippen molar-refractivity contribution in [1.29, 1.82) is 0 Å². The number of nitrogens with zero attached hydrogens (tertiary/aromatic N) is 5. The maximum Gasteiger partial charge on any atom is 0.181 e. The fourth-order valence-electron chi connectivity index (χ4n) is 4.38. The molecule has 0 aliphatic rings. The summed E-state index contributed by atoms with van der Waals surface area (Å²) in [4.78, 5) is 18.5. The van der Waals surface area contributed by atoms with E-state index in [0.717, 1.165) is 56.6 Å². The highest BCUT2D eigenvalue weighted by Gasteiger charge is 2.15. The molecule has 0 saturated carbocycles. The highest BCUT2D eigenvalue weighted by Crippen LogP contribution is 2.36. The average molecular weight is 494 g/mol. The van der Waals surface area contributed by atoms with Crippen LogP contribution in [0.4, 0.5) is 4.39 Å². The van der Waals surface area contributed by atoms with Crippen molar-refractivity contribution in [2.24, 2.45) is 0 Å². The Bertz CT molecular complexity index is 1710. The molecule has 0 bridgehead atoms. The Balaban J connectivity index is 1.41. The first-order valence-electron chi connectivity index (χ1n) is 11.9. The van der Waals surface area contributed by atoms with Gasteiger partial charge in [0.2, 0.25) is 0 Å². The second-order valence-corrected chi connectivity index (χ2v) is 9.06. The zero-order valence-electron chi connectivity index (χ0n) is 20.4. The molecular weight excluding hydrogens is 469 g/mol. The molecule has 0 aliphatic heterocycles. The van der Waals surface area contributed by atoms with E-state index in [-0.39, 0.29) is 5.82 Å². The van der Waals surface area contributed by atoms with Gasteiger partial charge in [0, 0.05) is 53.1 Å². The van der Waals surface area contributed by atoms with Crippen LogP contribution in [0, 0.1) is 5.82 Å². The SMILES string of the molecule is CN(C)CCOc1cc(F)cc(-c2cccc3[nH]c(-c4[nH]nc5ncc(-c6cnccn6)cc45)cc23)c1. The Morgan fingerprint density at radius 3 is 2.70 bits per heavy atom. The van der Waals surface area contributed by atoms with Gasteiger partial charge in [-0.2, -0.15) is 5.10 Å². The Kier molecular flexibility index (Phi) is 5.82. The number of aromatic amines is 2. The molecule has 4 heterocycles. The number of hydrogen-bond acceptors (Lipinski definition) is 6. The van der Waals surface area contributed by atoms with Crippen LogP contribution in [-0.4, -0.2) is 62.3 Å². The van der Waals surface area contributed by atoms with Crippen LogP contribution in [0.25, 0.3) is 55.7 Å². The first-order chi connectivity index (χ1) is 18.0. The number of pyridine rings is 1. The Hall–Kier alpha value is -4.63. The van der Waals surface area contributed by atoms with Crippen molar-refractivity contribution in [3.05, 3.63) is 79.1 Å². The third-order valence-corrected chi connectivity index (χ3v) is 6.19. The van der Waals surface area contributed by atoms with Gasteiger partial charge in [-0.3, -0.25) is 15.1 Å². The van der Waals surface area contributed by atoms with Crippen molar-refractivity contribution in [3.63, 3.8) is 0 Å². The van der Waals surface area contributed by atoms with Crippen LogP contribution >= 0.6 is 0 Å². The van der Waals surface area contributed by atoms with E-state index in [1.54, 1.807) is 24.8 Å². The lowest BCUT2D eigenvalue weighted by Gasteiger charge is -2.12. The van der Waals surface area contributed by atoms with Crippen molar-refractivity contribution in [3.8, 4) is 39.5 Å². The highest BCUT2D eigenvalue weighted by molar-refractivity contribution is 6.01. The van der Waals surface area contributed by atoms with Crippen molar-refractivity contribution >= 4 is 21.9 Å². The number of likely N-dealkylation sites (N-methyl/N-ethyl adjacent to an activating group) is 1. The van der Waals surface area contributed by atoms with Crippen LogP contribution in [-0.2, 0) is 0 Å². The van der Waals surface area contributed by atoms with E-state index in [1.807, 2.05) is 55.4 Å². The standard InChI is InChI=1S/C28H24FN7O/c1-36(2)8-9-37-20-11-17(10-19(29)13-20)21-4-3-5-24-22(21)14-25(33-24)27-23-12-18(15-32-28(23)35-34-27)26-16-30-6-7-31-26/h3-7,10-16,33H,8-9H2,1-2H3,(H,32,34,35). The Morgan fingerprint density at radius 1 is 0.946 bits per heavy atom. The molecule has 8 nitrogen and oxygen atoms in total. The van der Waals surface area contributed by atoms with E-state index in [1.165, 1.54) is 12.1 Å². The van der Waals surface area contributed by atoms with Gasteiger partial charge < -0.3 is 14.6 Å². The summed E-state index contributed by atoms with van der Waals surface area (Å²) in [6, 6.07) is 14.8. The molecule has 0 amide bonds. The molecule has 2 N–H and O–H groups in total. The number of fused-ring (bicyclic) bond motifs is 2. The average Bonchev–Trinajstić information content (AvgIpc) is 3.52. The first kappa shape index (κ1) is 22.8. The summed E-state index contributed by atoms with van der Waals surface area (Å²) < 4.78 is 20.4. The summed E-state index contributed by atoms with van der Waals surface area (Å²) in [5.74, 6) is 0.166. The molecule has 0 aliphatic carbocycles. The van der Waals surface area contributed by atoms with Crippen LogP contribution in [0.2, 0.25) is 0 Å². The quantitative estimate of drug-likeness (QED) is 0.313. The minimum absolute atomic E-state index is 0.340. The van der Waals surface area contributed by atoms with Crippen LogP contribution in [0.3, 0.4) is 0 Å². The molecule has 184 valence electrons. The maximum absolute atomic E-state index is 14.6. The highest BCUT2D eigenvalue weighted by atomic mass is 19.1. The first-order valence-corrected chi connectivity index (χ1v) is 11.9. The lowest BCUT2D eigenvalue weighted by Crippen LogP contribution is -2.19.